The maximum Gasteiger partial charge on any atom is 0.230 e. The molecule has 1 aliphatic heterocycles. The molecule has 2 aromatic heterocycles. The minimum absolute atomic E-state index is 0.114. The number of thiazole rings is 1. The van der Waals surface area contributed by atoms with Crippen LogP contribution in [0.15, 0.2) is 41.9 Å². The van der Waals surface area contributed by atoms with Crippen molar-refractivity contribution in [1.82, 2.24) is 9.97 Å². The van der Waals surface area contributed by atoms with Gasteiger partial charge >= 0.3 is 0 Å². The Kier molecular flexibility index (Phi) is 6.66. The summed E-state index contributed by atoms with van der Waals surface area (Å²) in [6, 6.07) is 9.54. The molecule has 1 N–H and O–H groups in total. The number of ether oxygens (including phenoxy) is 2. The number of nitrogens with one attached hydrogen (secondary N) is 1. The van der Waals surface area contributed by atoms with E-state index in [0.717, 1.165) is 35.2 Å². The van der Waals surface area contributed by atoms with Gasteiger partial charge in [-0.05, 0) is 49.6 Å². The summed E-state index contributed by atoms with van der Waals surface area (Å²) in [5, 5.41) is 5.65. The molecule has 3 heterocycles. The van der Waals surface area contributed by atoms with Crippen LogP contribution in [0.25, 0.3) is 10.6 Å². The molecule has 1 amide bonds. The lowest BCUT2D eigenvalue weighted by atomic mass is 10.1. The minimum atomic E-state index is -0.114. The van der Waals surface area contributed by atoms with Gasteiger partial charge in [-0.1, -0.05) is 0 Å². The van der Waals surface area contributed by atoms with Crippen molar-refractivity contribution in [3.05, 3.63) is 47.6 Å². The summed E-state index contributed by atoms with van der Waals surface area (Å²) < 4.78 is 10.6. The number of aromatic nitrogens is 2. The molecule has 1 aliphatic rings. The lowest BCUT2D eigenvalue weighted by Gasteiger charge is -2.27. The fourth-order valence-corrected chi connectivity index (χ4v) is 4.45. The van der Waals surface area contributed by atoms with Crippen LogP contribution < -0.4 is 19.7 Å². The number of nitrogens with zero attached hydrogens (tertiary/aromatic N) is 3. The number of methoxy groups -OCH3 is 2. The minimum Gasteiger partial charge on any atom is -0.493 e. The van der Waals surface area contributed by atoms with Crippen molar-refractivity contribution < 1.29 is 14.3 Å². The third-order valence-corrected chi connectivity index (χ3v) is 6.18. The van der Waals surface area contributed by atoms with Gasteiger partial charge in [0, 0.05) is 24.0 Å². The van der Waals surface area contributed by atoms with Crippen LogP contribution in [0.3, 0.4) is 0 Å². The van der Waals surface area contributed by atoms with Gasteiger partial charge in [0.2, 0.25) is 5.91 Å². The Bertz CT molecular complexity index is 1030. The molecular weight excluding hydrogens is 412 g/mol. The van der Waals surface area contributed by atoms with Crippen LogP contribution in [0.1, 0.15) is 25.0 Å². The van der Waals surface area contributed by atoms with Crippen molar-refractivity contribution in [2.24, 2.45) is 0 Å². The molecule has 0 spiro atoms. The second-order valence-corrected chi connectivity index (χ2v) is 8.25. The highest BCUT2D eigenvalue weighted by Crippen LogP contribution is 2.33. The van der Waals surface area contributed by atoms with E-state index >= 15 is 0 Å². The van der Waals surface area contributed by atoms with Gasteiger partial charge in [-0.3, -0.25) is 4.79 Å². The van der Waals surface area contributed by atoms with Crippen molar-refractivity contribution in [1.29, 1.82) is 0 Å². The maximum atomic E-state index is 12.5. The number of benzene rings is 1. The molecule has 0 saturated carbocycles. The van der Waals surface area contributed by atoms with Crippen molar-refractivity contribution >= 4 is 28.7 Å². The summed E-state index contributed by atoms with van der Waals surface area (Å²) in [7, 11) is 3.21. The van der Waals surface area contributed by atoms with Gasteiger partial charge in [0.1, 0.15) is 10.8 Å². The van der Waals surface area contributed by atoms with Crippen molar-refractivity contribution in [3.8, 4) is 22.1 Å². The van der Waals surface area contributed by atoms with Gasteiger partial charge in [0.15, 0.2) is 11.5 Å². The Balaban J connectivity index is 1.37. The Morgan fingerprint density at radius 3 is 2.61 bits per heavy atom. The number of carbonyl (C=O) groups is 1. The third-order valence-electron chi connectivity index (χ3n) is 5.24. The first-order valence-corrected chi connectivity index (χ1v) is 11.2. The van der Waals surface area contributed by atoms with Gasteiger partial charge in [-0.25, -0.2) is 9.97 Å². The zero-order valence-electron chi connectivity index (χ0n) is 17.8. The number of carbonyl (C=O) groups excluding carboxylic acids is 1. The highest BCUT2D eigenvalue weighted by molar-refractivity contribution is 7.13. The summed E-state index contributed by atoms with van der Waals surface area (Å²) in [5.41, 5.74) is 2.35. The molecule has 1 aromatic carbocycles. The molecule has 4 rings (SSSR count). The van der Waals surface area contributed by atoms with E-state index in [2.05, 4.69) is 20.2 Å². The molecule has 0 radical (unpaired) electrons. The quantitative estimate of drug-likeness (QED) is 0.589. The highest BCUT2D eigenvalue weighted by Gasteiger charge is 2.14. The number of hydrogen-bond donors (Lipinski definition) is 1. The molecule has 7 nitrogen and oxygen atoms in total. The largest absolute Gasteiger partial charge is 0.493 e. The number of piperidine rings is 1. The summed E-state index contributed by atoms with van der Waals surface area (Å²) in [6.45, 7) is 2.09. The molecule has 0 atom stereocenters. The molecule has 31 heavy (non-hydrogen) atoms. The molecule has 1 fully saturated rings. The van der Waals surface area contributed by atoms with Crippen LogP contribution in [0, 0.1) is 0 Å². The van der Waals surface area contributed by atoms with E-state index in [4.69, 9.17) is 9.47 Å². The van der Waals surface area contributed by atoms with Crippen LogP contribution >= 0.6 is 11.3 Å². The van der Waals surface area contributed by atoms with E-state index in [-0.39, 0.29) is 12.3 Å². The van der Waals surface area contributed by atoms with Crippen LogP contribution in [0.4, 0.5) is 11.5 Å². The topological polar surface area (TPSA) is 76.6 Å². The zero-order chi connectivity index (χ0) is 21.6. The summed E-state index contributed by atoms with van der Waals surface area (Å²) in [4.78, 5) is 23.9. The van der Waals surface area contributed by atoms with Gasteiger partial charge in [-0.15, -0.1) is 11.3 Å². The lowest BCUT2D eigenvalue weighted by molar-refractivity contribution is -0.115. The second-order valence-electron chi connectivity index (χ2n) is 7.39. The normalized spacial score (nSPS) is 13.7. The molecule has 3 aromatic rings. The predicted molar refractivity (Wildman–Crippen MR) is 123 cm³/mol. The number of rotatable bonds is 7. The van der Waals surface area contributed by atoms with Crippen molar-refractivity contribution in [2.45, 2.75) is 25.7 Å². The first-order valence-electron chi connectivity index (χ1n) is 10.3. The smallest absolute Gasteiger partial charge is 0.230 e. The van der Waals surface area contributed by atoms with Gasteiger partial charge in [0.05, 0.1) is 38.2 Å². The van der Waals surface area contributed by atoms with E-state index < -0.39 is 0 Å². The predicted octanol–water partition coefficient (Wildman–Crippen LogP) is 4.39. The lowest BCUT2D eigenvalue weighted by Crippen LogP contribution is -2.30. The summed E-state index contributed by atoms with van der Waals surface area (Å²) in [5.74, 6) is 2.17. The first kappa shape index (κ1) is 21.1. The van der Waals surface area contributed by atoms with E-state index in [0.29, 0.717) is 17.2 Å². The molecule has 0 aliphatic carbocycles. The maximum absolute atomic E-state index is 12.5. The molecule has 1 saturated heterocycles. The Morgan fingerprint density at radius 2 is 1.90 bits per heavy atom. The van der Waals surface area contributed by atoms with Crippen LogP contribution in [0.5, 0.6) is 11.5 Å². The van der Waals surface area contributed by atoms with Gasteiger partial charge < -0.3 is 19.7 Å². The highest BCUT2D eigenvalue weighted by atomic mass is 32.1. The van der Waals surface area contributed by atoms with Crippen LogP contribution in [0.2, 0.25) is 0 Å². The molecular formula is C23H26N4O3S. The first-order chi connectivity index (χ1) is 15.2. The number of hydrogen-bond acceptors (Lipinski definition) is 7. The third kappa shape index (κ3) is 5.14. The van der Waals surface area contributed by atoms with Gasteiger partial charge in [0.25, 0.3) is 0 Å². The van der Waals surface area contributed by atoms with E-state index in [9.17, 15) is 4.79 Å². The van der Waals surface area contributed by atoms with Crippen molar-refractivity contribution in [3.63, 3.8) is 0 Å². The number of anilines is 2. The molecule has 0 unspecified atom stereocenters. The SMILES string of the molecule is COc1ccc(-c2nc(CC(=O)Nc3ccc(N4CCCCC4)nc3)cs2)cc1OC. The molecule has 0 bridgehead atoms. The summed E-state index contributed by atoms with van der Waals surface area (Å²) >= 11 is 1.50. The zero-order valence-corrected chi connectivity index (χ0v) is 18.6. The van der Waals surface area contributed by atoms with Crippen LogP contribution in [-0.2, 0) is 11.2 Å². The second kappa shape index (κ2) is 9.78. The average Bonchev–Trinajstić information content (AvgIpc) is 3.28. The fourth-order valence-electron chi connectivity index (χ4n) is 3.63. The number of amides is 1. The molecule has 8 heteroatoms. The average molecular weight is 439 g/mol. The Morgan fingerprint density at radius 1 is 1.10 bits per heavy atom. The standard InChI is InChI=1S/C23H26N4O3S/c1-29-19-8-6-16(12-20(19)30-2)23-26-18(15-31-23)13-22(28)25-17-7-9-21(24-14-17)27-10-4-3-5-11-27/h6-9,12,14-15H,3-5,10-11,13H2,1-2H3,(H,25,28). The summed E-state index contributed by atoms with van der Waals surface area (Å²) in [6.07, 6.45) is 5.63. The fraction of sp³-hybridized carbons (Fsp3) is 0.348. The van der Waals surface area contributed by atoms with E-state index in [1.807, 2.05) is 35.7 Å². The Hall–Kier alpha value is -3.13. The number of pyridine rings is 1. The van der Waals surface area contributed by atoms with Crippen molar-refractivity contribution in [2.75, 3.05) is 37.5 Å². The van der Waals surface area contributed by atoms with Gasteiger partial charge in [-0.2, -0.15) is 0 Å². The van der Waals surface area contributed by atoms with E-state index in [1.165, 1.54) is 30.6 Å². The molecule has 162 valence electrons. The van der Waals surface area contributed by atoms with E-state index in [1.54, 1.807) is 20.4 Å². The monoisotopic (exact) mass is 438 g/mol. The Labute approximate surface area is 186 Å². The van der Waals surface area contributed by atoms with Crippen LogP contribution in [-0.4, -0.2) is 43.2 Å².